The molecule has 5 heteroatoms. The van der Waals surface area contributed by atoms with Crippen LogP contribution in [-0.4, -0.2) is 25.8 Å². The standard InChI is InChI=1S/C8H9NO3S/c10-6-1-2-8-7(5-6)9-3-4-13(8,11)12/h1-2,5,9-10H,3-4H2. The fourth-order valence-electron chi connectivity index (χ4n) is 1.36. The molecule has 1 heterocycles. The van der Waals surface area contributed by atoms with Gasteiger partial charge < -0.3 is 10.4 Å². The van der Waals surface area contributed by atoms with Crippen LogP contribution in [0, 0.1) is 0 Å². The van der Waals surface area contributed by atoms with Crippen molar-refractivity contribution < 1.29 is 13.5 Å². The maximum atomic E-state index is 11.5. The number of fused-ring (bicyclic) bond motifs is 1. The van der Waals surface area contributed by atoms with Crippen LogP contribution in [0.1, 0.15) is 0 Å². The molecule has 1 aromatic carbocycles. The molecular weight excluding hydrogens is 190 g/mol. The van der Waals surface area contributed by atoms with E-state index in [2.05, 4.69) is 5.32 Å². The number of anilines is 1. The Kier molecular flexibility index (Phi) is 1.69. The second kappa shape index (κ2) is 2.63. The van der Waals surface area contributed by atoms with Crippen molar-refractivity contribution >= 4 is 15.5 Å². The first-order valence-electron chi connectivity index (χ1n) is 3.89. The summed E-state index contributed by atoms with van der Waals surface area (Å²) in [7, 11) is -3.13. The Morgan fingerprint density at radius 2 is 2.15 bits per heavy atom. The van der Waals surface area contributed by atoms with E-state index in [4.69, 9.17) is 5.11 Å². The lowest BCUT2D eigenvalue weighted by atomic mass is 10.3. The lowest BCUT2D eigenvalue weighted by Crippen LogP contribution is -2.22. The molecule has 2 N–H and O–H groups in total. The van der Waals surface area contributed by atoms with Crippen LogP contribution in [0.2, 0.25) is 0 Å². The normalized spacial score (nSPS) is 18.8. The Morgan fingerprint density at radius 1 is 1.38 bits per heavy atom. The molecule has 0 spiro atoms. The third-order valence-electron chi connectivity index (χ3n) is 1.98. The largest absolute Gasteiger partial charge is 0.508 e. The molecule has 0 unspecified atom stereocenters. The molecule has 0 saturated carbocycles. The number of aromatic hydroxyl groups is 1. The van der Waals surface area contributed by atoms with Crippen LogP contribution in [0.4, 0.5) is 5.69 Å². The quantitative estimate of drug-likeness (QED) is 0.641. The average molecular weight is 199 g/mol. The number of rotatable bonds is 0. The fraction of sp³-hybridized carbons (Fsp3) is 0.250. The molecule has 13 heavy (non-hydrogen) atoms. The van der Waals surface area contributed by atoms with E-state index < -0.39 is 9.84 Å². The van der Waals surface area contributed by atoms with Crippen LogP contribution in [0.25, 0.3) is 0 Å². The van der Waals surface area contributed by atoms with Gasteiger partial charge in [0.25, 0.3) is 0 Å². The van der Waals surface area contributed by atoms with Crippen molar-refractivity contribution in [1.29, 1.82) is 0 Å². The molecule has 0 fully saturated rings. The Morgan fingerprint density at radius 3 is 2.92 bits per heavy atom. The minimum Gasteiger partial charge on any atom is -0.508 e. The Bertz CT molecular complexity index is 439. The van der Waals surface area contributed by atoms with E-state index in [1.165, 1.54) is 18.2 Å². The van der Waals surface area contributed by atoms with E-state index >= 15 is 0 Å². The molecule has 0 bridgehead atoms. The molecule has 1 aliphatic heterocycles. The minimum absolute atomic E-state index is 0.0725. The maximum absolute atomic E-state index is 11.5. The molecule has 1 aromatic rings. The second-order valence-electron chi connectivity index (χ2n) is 2.93. The lowest BCUT2D eigenvalue weighted by Gasteiger charge is -2.17. The highest BCUT2D eigenvalue weighted by Crippen LogP contribution is 2.29. The SMILES string of the molecule is O=S1(=O)CCNc2cc(O)ccc21. The van der Waals surface area contributed by atoms with Crippen LogP contribution >= 0.6 is 0 Å². The predicted molar refractivity (Wildman–Crippen MR) is 48.6 cm³/mol. The first-order valence-corrected chi connectivity index (χ1v) is 5.54. The highest BCUT2D eigenvalue weighted by molar-refractivity contribution is 7.91. The lowest BCUT2D eigenvalue weighted by molar-refractivity contribution is 0.475. The van der Waals surface area contributed by atoms with Gasteiger partial charge >= 0.3 is 0 Å². The molecular formula is C8H9NO3S. The molecule has 1 aliphatic rings. The summed E-state index contributed by atoms with van der Waals surface area (Å²) < 4.78 is 22.9. The van der Waals surface area contributed by atoms with Crippen molar-refractivity contribution in [3.63, 3.8) is 0 Å². The molecule has 0 saturated heterocycles. The van der Waals surface area contributed by atoms with Gasteiger partial charge in [0.05, 0.1) is 16.3 Å². The van der Waals surface area contributed by atoms with Gasteiger partial charge in [-0.05, 0) is 12.1 Å². The Labute approximate surface area is 76.1 Å². The Hall–Kier alpha value is -1.23. The zero-order chi connectivity index (χ0) is 9.47. The molecule has 0 amide bonds. The predicted octanol–water partition coefficient (Wildman–Crippen LogP) is 0.591. The van der Waals surface area contributed by atoms with E-state index in [1.54, 1.807) is 0 Å². The summed E-state index contributed by atoms with van der Waals surface area (Å²) in [6.07, 6.45) is 0. The number of sulfone groups is 1. The molecule has 4 nitrogen and oxygen atoms in total. The van der Waals surface area contributed by atoms with Gasteiger partial charge in [-0.25, -0.2) is 8.42 Å². The first-order chi connectivity index (χ1) is 6.09. The van der Waals surface area contributed by atoms with E-state index in [0.717, 1.165) is 0 Å². The molecule has 70 valence electrons. The van der Waals surface area contributed by atoms with Crippen molar-refractivity contribution in [3.8, 4) is 5.75 Å². The van der Waals surface area contributed by atoms with Gasteiger partial charge in [0.1, 0.15) is 5.75 Å². The summed E-state index contributed by atoms with van der Waals surface area (Å²) in [5.41, 5.74) is 0.492. The van der Waals surface area contributed by atoms with Crippen LogP contribution < -0.4 is 5.32 Å². The summed E-state index contributed by atoms with van der Waals surface area (Å²) in [4.78, 5) is 0.275. The highest BCUT2D eigenvalue weighted by atomic mass is 32.2. The third-order valence-corrected chi connectivity index (χ3v) is 3.75. The van der Waals surface area contributed by atoms with Gasteiger partial charge in [-0.15, -0.1) is 0 Å². The van der Waals surface area contributed by atoms with Gasteiger partial charge in [0.2, 0.25) is 0 Å². The number of hydrogen-bond donors (Lipinski definition) is 2. The third kappa shape index (κ3) is 1.35. The molecule has 0 atom stereocenters. The van der Waals surface area contributed by atoms with Gasteiger partial charge in [-0.3, -0.25) is 0 Å². The Balaban J connectivity index is 2.66. The second-order valence-corrected chi connectivity index (χ2v) is 5.00. The summed E-state index contributed by atoms with van der Waals surface area (Å²) in [6, 6.07) is 4.22. The van der Waals surface area contributed by atoms with Crippen LogP contribution in [0.15, 0.2) is 23.1 Å². The monoisotopic (exact) mass is 199 g/mol. The van der Waals surface area contributed by atoms with Crippen LogP contribution in [0.3, 0.4) is 0 Å². The molecule has 0 radical (unpaired) electrons. The number of phenols is 1. The van der Waals surface area contributed by atoms with Crippen LogP contribution in [-0.2, 0) is 9.84 Å². The summed E-state index contributed by atoms with van der Waals surface area (Å²) in [6.45, 7) is 0.402. The topological polar surface area (TPSA) is 66.4 Å². The fourth-order valence-corrected chi connectivity index (χ4v) is 2.69. The summed E-state index contributed by atoms with van der Waals surface area (Å²) in [5, 5.41) is 12.0. The minimum atomic E-state index is -3.13. The number of benzene rings is 1. The van der Waals surface area contributed by atoms with Crippen molar-refractivity contribution in [3.05, 3.63) is 18.2 Å². The smallest absolute Gasteiger partial charge is 0.182 e. The van der Waals surface area contributed by atoms with E-state index in [9.17, 15) is 8.42 Å². The van der Waals surface area contributed by atoms with E-state index in [0.29, 0.717) is 12.2 Å². The van der Waals surface area contributed by atoms with Crippen molar-refractivity contribution in [2.75, 3.05) is 17.6 Å². The average Bonchev–Trinajstić information content (AvgIpc) is 2.02. The van der Waals surface area contributed by atoms with Gasteiger partial charge in [-0.2, -0.15) is 0 Å². The number of hydrogen-bond acceptors (Lipinski definition) is 4. The summed E-state index contributed by atoms with van der Waals surface area (Å²) in [5.74, 6) is 0.188. The van der Waals surface area contributed by atoms with E-state index in [1.807, 2.05) is 0 Å². The van der Waals surface area contributed by atoms with Crippen molar-refractivity contribution in [2.45, 2.75) is 4.90 Å². The van der Waals surface area contributed by atoms with Crippen molar-refractivity contribution in [1.82, 2.24) is 0 Å². The van der Waals surface area contributed by atoms with Crippen molar-refractivity contribution in [2.24, 2.45) is 0 Å². The zero-order valence-corrected chi connectivity index (χ0v) is 7.63. The zero-order valence-electron chi connectivity index (χ0n) is 6.82. The van der Waals surface area contributed by atoms with Gasteiger partial charge in [-0.1, -0.05) is 0 Å². The first kappa shape index (κ1) is 8.37. The maximum Gasteiger partial charge on any atom is 0.182 e. The number of phenolic OH excluding ortho intramolecular Hbond substituents is 1. The molecule has 0 aliphatic carbocycles. The van der Waals surface area contributed by atoms with E-state index in [-0.39, 0.29) is 16.4 Å². The molecule has 0 aromatic heterocycles. The van der Waals surface area contributed by atoms with Gasteiger partial charge in [0.15, 0.2) is 9.84 Å². The van der Waals surface area contributed by atoms with Crippen LogP contribution in [0.5, 0.6) is 5.75 Å². The highest BCUT2D eigenvalue weighted by Gasteiger charge is 2.22. The molecule has 2 rings (SSSR count). The number of nitrogens with one attached hydrogen (secondary N) is 1. The summed E-state index contributed by atoms with van der Waals surface area (Å²) >= 11 is 0. The van der Waals surface area contributed by atoms with Gasteiger partial charge in [0, 0.05) is 12.6 Å².